The van der Waals surface area contributed by atoms with Gasteiger partial charge in [0, 0.05) is 14.9 Å². The fraction of sp³-hybridized carbons (Fsp3) is 0.143. The van der Waals surface area contributed by atoms with E-state index in [4.69, 9.17) is 27.8 Å². The first kappa shape index (κ1) is 19.5. The van der Waals surface area contributed by atoms with Gasteiger partial charge in [-0.05, 0) is 49.6 Å². The fourth-order valence-corrected chi connectivity index (χ4v) is 4.12. The summed E-state index contributed by atoms with van der Waals surface area (Å²) in [6, 6.07) is 17.3. The Hall–Kier alpha value is -2.77. The summed E-state index contributed by atoms with van der Waals surface area (Å²) in [5.41, 5.74) is 12.1. The molecule has 0 saturated heterocycles. The first-order valence-electron chi connectivity index (χ1n) is 8.96. The fourth-order valence-electron chi connectivity index (χ4n) is 3.47. The Labute approximate surface area is 182 Å². The summed E-state index contributed by atoms with van der Waals surface area (Å²) >= 11 is 9.90. The van der Waals surface area contributed by atoms with Gasteiger partial charge in [-0.2, -0.15) is 4.99 Å². The molecule has 29 heavy (non-hydrogen) atoms. The van der Waals surface area contributed by atoms with Crippen LogP contribution in [0.4, 0.5) is 5.69 Å². The van der Waals surface area contributed by atoms with E-state index in [1.807, 2.05) is 60.9 Å². The van der Waals surface area contributed by atoms with Crippen molar-refractivity contribution in [3.05, 3.63) is 64.1 Å². The van der Waals surface area contributed by atoms with Crippen molar-refractivity contribution in [2.45, 2.75) is 19.5 Å². The topological polar surface area (TPSA) is 88.7 Å². The van der Waals surface area contributed by atoms with Crippen LogP contribution in [0.1, 0.15) is 13.8 Å². The Balaban J connectivity index is 1.86. The number of aliphatic imine (C=N–C) groups is 1. The molecule has 0 aromatic heterocycles. The number of nitrogens with two attached hydrogens (primary N) is 2. The highest BCUT2D eigenvalue weighted by Crippen LogP contribution is 2.40. The van der Waals surface area contributed by atoms with Gasteiger partial charge in [0.25, 0.3) is 5.96 Å². The van der Waals surface area contributed by atoms with E-state index >= 15 is 0 Å². The van der Waals surface area contributed by atoms with Crippen LogP contribution in [-0.4, -0.2) is 22.2 Å². The molecule has 0 amide bonds. The molecule has 1 aliphatic heterocycles. The molecule has 3 aromatic rings. The second-order valence-electron chi connectivity index (χ2n) is 7.14. The van der Waals surface area contributed by atoms with Gasteiger partial charge in [-0.1, -0.05) is 51.8 Å². The van der Waals surface area contributed by atoms with Crippen LogP contribution in [0.3, 0.4) is 0 Å². The van der Waals surface area contributed by atoms with E-state index < -0.39 is 5.66 Å². The summed E-state index contributed by atoms with van der Waals surface area (Å²) in [5, 5.41) is 5.47. The maximum Gasteiger partial charge on any atom is 0.357 e. The molecule has 1 aliphatic rings. The molecule has 148 valence electrons. The number of nitrogens with one attached hydrogen (secondary N) is 1. The summed E-state index contributed by atoms with van der Waals surface area (Å²) in [6.45, 7) is 3.82. The number of hydrogen-bond donors (Lipinski definition) is 3. The number of ether oxygens (including phenoxy) is 1. The minimum Gasteiger partial charge on any atom is -0.453 e. The number of halogens is 2. The molecule has 5 N–H and O–H groups in total. The van der Waals surface area contributed by atoms with E-state index in [9.17, 15) is 0 Å². The molecule has 0 fully saturated rings. The van der Waals surface area contributed by atoms with Crippen LogP contribution in [0.15, 0.2) is 64.1 Å². The maximum absolute atomic E-state index is 6.36. The summed E-state index contributed by atoms with van der Waals surface area (Å²) in [4.78, 5) is 4.47. The molecular formula is C21H20BrClN5O+. The molecular weight excluding hydrogens is 454 g/mol. The molecule has 0 radical (unpaired) electrons. The largest absolute Gasteiger partial charge is 0.453 e. The first-order valence-corrected chi connectivity index (χ1v) is 10.1. The van der Waals surface area contributed by atoms with Crippen molar-refractivity contribution in [1.29, 1.82) is 0 Å². The Morgan fingerprint density at radius 2 is 1.72 bits per heavy atom. The third kappa shape index (κ3) is 3.63. The van der Waals surface area contributed by atoms with Crippen LogP contribution in [0, 0.1) is 0 Å². The molecule has 0 atom stereocenters. The molecule has 0 spiro atoms. The summed E-state index contributed by atoms with van der Waals surface area (Å²) in [5.74, 6) is 1.91. The zero-order valence-electron chi connectivity index (χ0n) is 15.9. The van der Waals surface area contributed by atoms with Crippen molar-refractivity contribution in [1.82, 2.24) is 5.32 Å². The SMILES string of the molecule is CC1(C)N=C(N)NC(N)=[N+]1c1cc(Cl)ccc1Oc1ccc(Br)c2ccccc12. The number of benzene rings is 3. The van der Waals surface area contributed by atoms with Gasteiger partial charge in [0.1, 0.15) is 11.4 Å². The molecule has 4 rings (SSSR count). The second-order valence-corrected chi connectivity index (χ2v) is 8.43. The Kier molecular flexibility index (Phi) is 4.88. The summed E-state index contributed by atoms with van der Waals surface area (Å²) < 4.78 is 9.17. The Bertz CT molecular complexity index is 1190. The molecule has 1 heterocycles. The standard InChI is InChI=1S/C21H19BrClN5O/c1-21(2)27-19(24)26-20(25)28(21)16-11-12(23)7-9-18(16)29-17-10-8-15(22)13-5-3-4-6-14(13)17/h3-11H,1-2H3,(H4,24,25,26,27)/p+1. The lowest BCUT2D eigenvalue weighted by Crippen LogP contribution is -2.55. The van der Waals surface area contributed by atoms with Crippen LogP contribution in [0.5, 0.6) is 11.5 Å². The minimum atomic E-state index is -0.732. The summed E-state index contributed by atoms with van der Waals surface area (Å²) in [7, 11) is 0. The highest BCUT2D eigenvalue weighted by atomic mass is 79.9. The number of guanidine groups is 2. The van der Waals surface area contributed by atoms with E-state index in [-0.39, 0.29) is 5.96 Å². The van der Waals surface area contributed by atoms with Crippen LogP contribution < -0.4 is 21.5 Å². The third-order valence-corrected chi connectivity index (χ3v) is 5.58. The molecule has 0 saturated carbocycles. The quantitative estimate of drug-likeness (QED) is 0.483. The lowest BCUT2D eigenvalue weighted by molar-refractivity contribution is -0.527. The van der Waals surface area contributed by atoms with Crippen molar-refractivity contribution in [3.63, 3.8) is 0 Å². The molecule has 3 aromatic carbocycles. The van der Waals surface area contributed by atoms with Gasteiger partial charge < -0.3 is 10.5 Å². The van der Waals surface area contributed by atoms with E-state index in [1.54, 1.807) is 12.1 Å². The minimum absolute atomic E-state index is 0.257. The molecule has 0 unspecified atom stereocenters. The van der Waals surface area contributed by atoms with Gasteiger partial charge in [-0.3, -0.25) is 5.73 Å². The zero-order chi connectivity index (χ0) is 20.8. The monoisotopic (exact) mass is 472 g/mol. The maximum atomic E-state index is 6.36. The van der Waals surface area contributed by atoms with Crippen molar-refractivity contribution in [3.8, 4) is 11.5 Å². The average molecular weight is 474 g/mol. The lowest BCUT2D eigenvalue weighted by atomic mass is 10.1. The van der Waals surface area contributed by atoms with Crippen LogP contribution in [-0.2, 0) is 0 Å². The van der Waals surface area contributed by atoms with Crippen molar-refractivity contribution in [2.24, 2.45) is 16.5 Å². The normalized spacial score (nSPS) is 15.8. The van der Waals surface area contributed by atoms with Gasteiger partial charge in [0.2, 0.25) is 0 Å². The average Bonchev–Trinajstić information content (AvgIpc) is 2.64. The van der Waals surface area contributed by atoms with Crippen molar-refractivity contribution < 1.29 is 9.31 Å². The smallest absolute Gasteiger partial charge is 0.357 e. The number of fused-ring (bicyclic) bond motifs is 1. The lowest BCUT2D eigenvalue weighted by Gasteiger charge is -2.29. The third-order valence-electron chi connectivity index (χ3n) is 4.65. The number of nitrogens with zero attached hydrogens (tertiary/aromatic N) is 2. The molecule has 6 nitrogen and oxygen atoms in total. The van der Waals surface area contributed by atoms with Gasteiger partial charge in [0.15, 0.2) is 11.4 Å². The predicted molar refractivity (Wildman–Crippen MR) is 121 cm³/mol. The van der Waals surface area contributed by atoms with Gasteiger partial charge in [-0.15, -0.1) is 0 Å². The number of hydrogen-bond acceptors (Lipinski definition) is 5. The van der Waals surface area contributed by atoms with E-state index in [1.165, 1.54) is 0 Å². The highest BCUT2D eigenvalue weighted by molar-refractivity contribution is 9.10. The predicted octanol–water partition coefficient (Wildman–Crippen LogP) is 4.66. The van der Waals surface area contributed by atoms with Crippen molar-refractivity contribution in [2.75, 3.05) is 0 Å². The zero-order valence-corrected chi connectivity index (χ0v) is 18.3. The van der Waals surface area contributed by atoms with Crippen LogP contribution in [0.2, 0.25) is 5.02 Å². The molecule has 8 heteroatoms. The van der Waals surface area contributed by atoms with Crippen LogP contribution in [0.25, 0.3) is 10.8 Å². The van der Waals surface area contributed by atoms with Crippen LogP contribution >= 0.6 is 27.5 Å². The van der Waals surface area contributed by atoms with E-state index in [0.717, 1.165) is 21.0 Å². The van der Waals surface area contributed by atoms with Gasteiger partial charge in [-0.25, -0.2) is 9.89 Å². The first-order chi connectivity index (χ1) is 13.8. The van der Waals surface area contributed by atoms with Crippen molar-refractivity contribution >= 4 is 55.9 Å². The Morgan fingerprint density at radius 3 is 2.45 bits per heavy atom. The number of rotatable bonds is 3. The van der Waals surface area contributed by atoms with E-state index in [0.29, 0.717) is 22.4 Å². The van der Waals surface area contributed by atoms with Gasteiger partial charge >= 0.3 is 5.96 Å². The summed E-state index contributed by atoms with van der Waals surface area (Å²) in [6.07, 6.45) is 0. The van der Waals surface area contributed by atoms with E-state index in [2.05, 4.69) is 26.2 Å². The second kappa shape index (κ2) is 7.24. The van der Waals surface area contributed by atoms with Gasteiger partial charge in [0.05, 0.1) is 0 Å². The molecule has 0 bridgehead atoms. The molecule has 0 aliphatic carbocycles. The highest BCUT2D eigenvalue weighted by Gasteiger charge is 2.36. The Morgan fingerprint density at radius 1 is 1.03 bits per heavy atom.